The Balaban J connectivity index is 2.01. The number of carbonyl (C=O) groups excluding carboxylic acids is 1. The Morgan fingerprint density at radius 1 is 1.48 bits per heavy atom. The number of nitro groups is 1. The zero-order valence-electron chi connectivity index (χ0n) is 13.2. The van der Waals surface area contributed by atoms with E-state index in [9.17, 15) is 29.2 Å². The molecule has 2 aromatic rings. The Labute approximate surface area is 141 Å². The number of benzene rings is 1. The van der Waals surface area contributed by atoms with Gasteiger partial charge in [-0.1, -0.05) is 12.1 Å². The first-order chi connectivity index (χ1) is 11.8. The number of carboxylic acid groups (broad SMARTS) is 1. The molecule has 1 aromatic heterocycles. The minimum absolute atomic E-state index is 0.0501. The van der Waals surface area contributed by atoms with Gasteiger partial charge in [0, 0.05) is 13.0 Å². The van der Waals surface area contributed by atoms with E-state index in [1.807, 2.05) is 0 Å². The van der Waals surface area contributed by atoms with E-state index in [0.29, 0.717) is 0 Å². The van der Waals surface area contributed by atoms with Gasteiger partial charge in [-0.15, -0.1) is 0 Å². The summed E-state index contributed by atoms with van der Waals surface area (Å²) in [5, 5.41) is 25.9. The van der Waals surface area contributed by atoms with Crippen molar-refractivity contribution < 1.29 is 24.0 Å². The number of amides is 1. The predicted molar refractivity (Wildman–Crippen MR) is 83.2 cm³/mol. The molecule has 0 bridgehead atoms. The molecule has 9 nitrogen and oxygen atoms in total. The normalized spacial score (nSPS) is 11.8. The molecular formula is C15H15FN4O5. The molecular weight excluding hydrogens is 335 g/mol. The van der Waals surface area contributed by atoms with Crippen molar-refractivity contribution in [3.63, 3.8) is 0 Å². The molecule has 1 atom stereocenters. The first-order valence-electron chi connectivity index (χ1n) is 7.23. The summed E-state index contributed by atoms with van der Waals surface area (Å²) >= 11 is 0. The van der Waals surface area contributed by atoms with Gasteiger partial charge in [-0.3, -0.25) is 19.6 Å². The first-order valence-corrected chi connectivity index (χ1v) is 7.23. The smallest absolute Gasteiger partial charge is 0.330 e. The van der Waals surface area contributed by atoms with Crippen LogP contribution in [0, 0.1) is 22.9 Å². The van der Waals surface area contributed by atoms with Crippen LogP contribution >= 0.6 is 0 Å². The van der Waals surface area contributed by atoms with E-state index in [1.54, 1.807) is 0 Å². The van der Waals surface area contributed by atoms with E-state index >= 15 is 0 Å². The maximum atomic E-state index is 13.3. The highest BCUT2D eigenvalue weighted by Crippen LogP contribution is 2.17. The monoisotopic (exact) mass is 350 g/mol. The Kier molecular flexibility index (Phi) is 5.42. The molecule has 2 rings (SSSR count). The maximum absolute atomic E-state index is 13.3. The number of carbonyl (C=O) groups is 2. The fourth-order valence-corrected chi connectivity index (χ4v) is 2.15. The SMILES string of the molecule is Cc1cc(C(NC(=O)CCn2cc([N+](=O)[O-])cn2)C(=O)O)ccc1F. The number of nitrogens with one attached hydrogen (secondary N) is 1. The molecule has 1 unspecified atom stereocenters. The lowest BCUT2D eigenvalue weighted by Crippen LogP contribution is -2.34. The highest BCUT2D eigenvalue weighted by atomic mass is 19.1. The average Bonchev–Trinajstić information content (AvgIpc) is 3.02. The van der Waals surface area contributed by atoms with Crippen molar-refractivity contribution in [3.8, 4) is 0 Å². The Morgan fingerprint density at radius 2 is 2.20 bits per heavy atom. The van der Waals surface area contributed by atoms with Crippen LogP contribution in [-0.2, 0) is 16.1 Å². The molecule has 0 saturated heterocycles. The molecule has 2 N–H and O–H groups in total. The summed E-state index contributed by atoms with van der Waals surface area (Å²) in [5.74, 6) is -2.33. The molecule has 0 aliphatic carbocycles. The molecule has 1 aromatic carbocycles. The maximum Gasteiger partial charge on any atom is 0.330 e. The fraction of sp³-hybridized carbons (Fsp3) is 0.267. The Bertz CT molecular complexity index is 820. The number of hydrogen-bond acceptors (Lipinski definition) is 5. The number of aliphatic carboxylic acids is 1. The van der Waals surface area contributed by atoms with Crippen LogP contribution in [0.25, 0.3) is 0 Å². The highest BCUT2D eigenvalue weighted by molar-refractivity contribution is 5.84. The highest BCUT2D eigenvalue weighted by Gasteiger charge is 2.22. The van der Waals surface area contributed by atoms with E-state index < -0.39 is 28.7 Å². The van der Waals surface area contributed by atoms with Gasteiger partial charge < -0.3 is 10.4 Å². The third-order valence-electron chi connectivity index (χ3n) is 3.47. The van der Waals surface area contributed by atoms with Gasteiger partial charge >= 0.3 is 11.7 Å². The van der Waals surface area contributed by atoms with Gasteiger partial charge in [-0.25, -0.2) is 9.18 Å². The van der Waals surface area contributed by atoms with Gasteiger partial charge in [0.05, 0.1) is 4.92 Å². The quantitative estimate of drug-likeness (QED) is 0.576. The topological polar surface area (TPSA) is 127 Å². The van der Waals surface area contributed by atoms with Gasteiger partial charge in [-0.05, 0) is 24.1 Å². The summed E-state index contributed by atoms with van der Waals surface area (Å²) in [6.07, 6.45) is 2.10. The Hall–Kier alpha value is -3.30. The van der Waals surface area contributed by atoms with Crippen molar-refractivity contribution >= 4 is 17.6 Å². The lowest BCUT2D eigenvalue weighted by Gasteiger charge is -2.15. The van der Waals surface area contributed by atoms with E-state index in [-0.39, 0.29) is 29.8 Å². The second-order valence-corrected chi connectivity index (χ2v) is 5.32. The number of carboxylic acids is 1. The second kappa shape index (κ2) is 7.51. The molecule has 0 aliphatic heterocycles. The lowest BCUT2D eigenvalue weighted by molar-refractivity contribution is -0.385. The van der Waals surface area contributed by atoms with Crippen molar-refractivity contribution in [3.05, 3.63) is 57.7 Å². The second-order valence-electron chi connectivity index (χ2n) is 5.32. The minimum Gasteiger partial charge on any atom is -0.479 e. The van der Waals surface area contributed by atoms with Gasteiger partial charge in [0.2, 0.25) is 5.91 Å². The molecule has 0 radical (unpaired) electrons. The number of halogens is 1. The van der Waals surface area contributed by atoms with Gasteiger partial charge in [0.1, 0.15) is 18.2 Å². The fourth-order valence-electron chi connectivity index (χ4n) is 2.15. The van der Waals surface area contributed by atoms with Crippen LogP contribution < -0.4 is 5.32 Å². The molecule has 132 valence electrons. The molecule has 10 heteroatoms. The van der Waals surface area contributed by atoms with Gasteiger partial charge in [0.15, 0.2) is 6.04 Å². The van der Waals surface area contributed by atoms with Gasteiger partial charge in [0.25, 0.3) is 0 Å². The predicted octanol–water partition coefficient (Wildman–Crippen LogP) is 1.57. The van der Waals surface area contributed by atoms with E-state index in [4.69, 9.17) is 0 Å². The molecule has 0 saturated carbocycles. The molecule has 1 heterocycles. The van der Waals surface area contributed by atoms with Crippen molar-refractivity contribution in [2.75, 3.05) is 0 Å². The number of rotatable bonds is 7. The zero-order chi connectivity index (χ0) is 18.6. The van der Waals surface area contributed by atoms with Crippen molar-refractivity contribution in [2.24, 2.45) is 0 Å². The van der Waals surface area contributed by atoms with E-state index in [0.717, 1.165) is 12.3 Å². The molecule has 0 spiro atoms. The summed E-state index contributed by atoms with van der Waals surface area (Å²) in [6.45, 7) is 1.54. The number of aromatic nitrogens is 2. The average molecular weight is 350 g/mol. The van der Waals surface area contributed by atoms with Crippen LogP contribution in [0.2, 0.25) is 0 Å². The van der Waals surface area contributed by atoms with E-state index in [2.05, 4.69) is 10.4 Å². The van der Waals surface area contributed by atoms with Crippen LogP contribution in [0.15, 0.2) is 30.6 Å². The standard InChI is InChI=1S/C15H15FN4O5/c1-9-6-10(2-3-12(9)16)14(15(22)23)18-13(21)4-5-19-8-11(7-17-19)20(24)25/h2-3,6-8,14H,4-5H2,1H3,(H,18,21)(H,22,23). The van der Waals surface area contributed by atoms with Crippen molar-refractivity contribution in [2.45, 2.75) is 25.9 Å². The van der Waals surface area contributed by atoms with Crippen LogP contribution in [0.5, 0.6) is 0 Å². The Morgan fingerprint density at radius 3 is 2.76 bits per heavy atom. The summed E-state index contributed by atoms with van der Waals surface area (Å²) < 4.78 is 14.5. The first kappa shape index (κ1) is 18.0. The summed E-state index contributed by atoms with van der Waals surface area (Å²) in [4.78, 5) is 33.3. The van der Waals surface area contributed by atoms with Crippen molar-refractivity contribution in [1.29, 1.82) is 0 Å². The molecule has 25 heavy (non-hydrogen) atoms. The number of hydrogen-bond donors (Lipinski definition) is 2. The summed E-state index contributed by atoms with van der Waals surface area (Å²) in [5.41, 5.74) is 0.307. The number of nitrogens with zero attached hydrogens (tertiary/aromatic N) is 3. The summed E-state index contributed by atoms with van der Waals surface area (Å²) in [6, 6.07) is 2.46. The van der Waals surface area contributed by atoms with Gasteiger partial charge in [-0.2, -0.15) is 5.10 Å². The third kappa shape index (κ3) is 4.59. The van der Waals surface area contributed by atoms with E-state index in [1.165, 1.54) is 29.9 Å². The third-order valence-corrected chi connectivity index (χ3v) is 3.47. The zero-order valence-corrected chi connectivity index (χ0v) is 13.2. The minimum atomic E-state index is -1.32. The van der Waals surface area contributed by atoms with Crippen molar-refractivity contribution in [1.82, 2.24) is 15.1 Å². The largest absolute Gasteiger partial charge is 0.479 e. The lowest BCUT2D eigenvalue weighted by atomic mass is 10.0. The van der Waals surface area contributed by atoms with Crippen LogP contribution in [0.3, 0.4) is 0 Å². The number of aryl methyl sites for hydroxylation is 2. The van der Waals surface area contributed by atoms with Crippen LogP contribution in [-0.4, -0.2) is 31.7 Å². The van der Waals surface area contributed by atoms with Crippen LogP contribution in [0.1, 0.15) is 23.6 Å². The summed E-state index contributed by atoms with van der Waals surface area (Å²) in [7, 11) is 0. The molecule has 0 fully saturated rings. The molecule has 0 aliphatic rings. The molecule has 1 amide bonds. The van der Waals surface area contributed by atoms with Crippen LogP contribution in [0.4, 0.5) is 10.1 Å².